The summed E-state index contributed by atoms with van der Waals surface area (Å²) in [6.07, 6.45) is 2.16. The van der Waals surface area contributed by atoms with Crippen LogP contribution in [0.3, 0.4) is 0 Å². The van der Waals surface area contributed by atoms with Crippen LogP contribution in [0.2, 0.25) is 10.0 Å². The number of piperidine rings is 1. The average Bonchev–Trinajstić information content (AvgIpc) is 3.13. The van der Waals surface area contributed by atoms with Gasteiger partial charge in [-0.3, -0.25) is 9.59 Å². The molecule has 168 valence electrons. The first-order valence-corrected chi connectivity index (χ1v) is 11.9. The second-order valence-electron chi connectivity index (χ2n) is 7.62. The van der Waals surface area contributed by atoms with E-state index in [2.05, 4.69) is 5.32 Å². The van der Waals surface area contributed by atoms with Crippen LogP contribution in [-0.2, 0) is 21.9 Å². The highest BCUT2D eigenvalue weighted by Gasteiger charge is 2.33. The summed E-state index contributed by atoms with van der Waals surface area (Å²) in [5.74, 6) is -1.13. The van der Waals surface area contributed by atoms with Crippen LogP contribution >= 0.6 is 23.2 Å². The monoisotopic (exact) mass is 486 g/mol. The number of nitrogens with two attached hydrogens (primary N) is 1. The quantitative estimate of drug-likeness (QED) is 0.652. The number of primary amides is 1. The van der Waals surface area contributed by atoms with E-state index in [1.807, 2.05) is 6.92 Å². The maximum absolute atomic E-state index is 12.9. The lowest BCUT2D eigenvalue weighted by Gasteiger charge is -2.31. The van der Waals surface area contributed by atoms with Crippen molar-refractivity contribution in [1.29, 1.82) is 0 Å². The van der Waals surface area contributed by atoms with Gasteiger partial charge >= 0.3 is 0 Å². The standard InChI is InChI=1S/C20H24Cl2N4O4S/c1-12(14-3-4-16(21)17(22)9-14)24-20(28)13-5-7-26(8-6-13)31(29,30)15-10-18(19(23)27)25(2)11-15/h3-4,9-13H,5-8H2,1-2H3,(H2,23,27)(H,24,28)/t12-/m0/s1. The number of carbonyl (C=O) groups excluding carboxylic acids is 2. The van der Waals surface area contributed by atoms with E-state index >= 15 is 0 Å². The molecule has 1 aromatic carbocycles. The topological polar surface area (TPSA) is 114 Å². The summed E-state index contributed by atoms with van der Waals surface area (Å²) in [7, 11) is -2.22. The molecule has 1 aromatic heterocycles. The van der Waals surface area contributed by atoms with Gasteiger partial charge in [-0.25, -0.2) is 8.42 Å². The van der Waals surface area contributed by atoms with Gasteiger partial charge in [-0.2, -0.15) is 4.31 Å². The van der Waals surface area contributed by atoms with E-state index in [0.717, 1.165) is 5.56 Å². The second kappa shape index (κ2) is 9.20. The largest absolute Gasteiger partial charge is 0.364 e. The van der Waals surface area contributed by atoms with Crippen LogP contribution < -0.4 is 11.1 Å². The highest BCUT2D eigenvalue weighted by atomic mass is 35.5. The van der Waals surface area contributed by atoms with Gasteiger partial charge in [0.05, 0.1) is 16.1 Å². The van der Waals surface area contributed by atoms with Crippen LogP contribution in [0.25, 0.3) is 0 Å². The zero-order valence-electron chi connectivity index (χ0n) is 17.1. The summed E-state index contributed by atoms with van der Waals surface area (Å²) >= 11 is 12.0. The number of carbonyl (C=O) groups is 2. The summed E-state index contributed by atoms with van der Waals surface area (Å²) in [5.41, 5.74) is 6.22. The van der Waals surface area contributed by atoms with Crippen molar-refractivity contribution in [2.75, 3.05) is 13.1 Å². The lowest BCUT2D eigenvalue weighted by molar-refractivity contribution is -0.126. The van der Waals surface area contributed by atoms with Crippen LogP contribution in [-0.4, -0.2) is 42.2 Å². The Morgan fingerprint density at radius 1 is 1.16 bits per heavy atom. The first-order chi connectivity index (χ1) is 14.5. The van der Waals surface area contributed by atoms with E-state index in [1.54, 1.807) is 25.2 Å². The van der Waals surface area contributed by atoms with Crippen LogP contribution in [0, 0.1) is 5.92 Å². The van der Waals surface area contributed by atoms with Gasteiger partial charge in [-0.15, -0.1) is 0 Å². The maximum atomic E-state index is 12.9. The second-order valence-corrected chi connectivity index (χ2v) is 10.4. The molecule has 8 nitrogen and oxygen atoms in total. The van der Waals surface area contributed by atoms with Crippen molar-refractivity contribution in [3.8, 4) is 0 Å². The van der Waals surface area contributed by atoms with Crippen LogP contribution in [0.15, 0.2) is 35.4 Å². The highest BCUT2D eigenvalue weighted by Crippen LogP contribution is 2.28. The normalized spacial score (nSPS) is 16.8. The molecule has 0 spiro atoms. The molecule has 2 amide bonds. The molecule has 2 aromatic rings. The third kappa shape index (κ3) is 5.06. The molecule has 31 heavy (non-hydrogen) atoms. The molecule has 0 radical (unpaired) electrons. The molecule has 0 aliphatic carbocycles. The SMILES string of the molecule is C[C@H](NC(=O)C1CCN(S(=O)(=O)c2cc(C(N)=O)n(C)c2)CC1)c1ccc(Cl)c(Cl)c1. The Bertz CT molecular complexity index is 1110. The first-order valence-electron chi connectivity index (χ1n) is 9.72. The van der Waals surface area contributed by atoms with E-state index in [4.69, 9.17) is 28.9 Å². The molecule has 1 fully saturated rings. The van der Waals surface area contributed by atoms with Crippen LogP contribution in [0.1, 0.15) is 41.9 Å². The molecular weight excluding hydrogens is 463 g/mol. The van der Waals surface area contributed by atoms with Crippen molar-refractivity contribution in [3.63, 3.8) is 0 Å². The first kappa shape index (κ1) is 23.6. The maximum Gasteiger partial charge on any atom is 0.265 e. The zero-order valence-corrected chi connectivity index (χ0v) is 19.5. The van der Waals surface area contributed by atoms with Crippen molar-refractivity contribution in [2.45, 2.75) is 30.7 Å². The molecule has 0 bridgehead atoms. The molecule has 1 atom stereocenters. The fraction of sp³-hybridized carbons (Fsp3) is 0.400. The minimum absolute atomic E-state index is 0.0138. The predicted octanol–water partition coefficient (Wildman–Crippen LogP) is 2.71. The highest BCUT2D eigenvalue weighted by molar-refractivity contribution is 7.89. The van der Waals surface area contributed by atoms with Gasteiger partial charge in [0.15, 0.2) is 0 Å². The van der Waals surface area contributed by atoms with Gasteiger partial charge in [-0.05, 0) is 43.5 Å². The van der Waals surface area contributed by atoms with Crippen molar-refractivity contribution < 1.29 is 18.0 Å². The van der Waals surface area contributed by atoms with Gasteiger partial charge in [0, 0.05) is 32.3 Å². The fourth-order valence-corrected chi connectivity index (χ4v) is 5.47. The number of nitrogens with zero attached hydrogens (tertiary/aromatic N) is 2. The number of amides is 2. The van der Waals surface area contributed by atoms with E-state index in [0.29, 0.717) is 22.9 Å². The van der Waals surface area contributed by atoms with E-state index < -0.39 is 15.9 Å². The number of benzene rings is 1. The summed E-state index contributed by atoms with van der Waals surface area (Å²) < 4.78 is 28.5. The Hall–Kier alpha value is -2.07. The number of rotatable bonds is 6. The number of hydrogen-bond donors (Lipinski definition) is 2. The smallest absolute Gasteiger partial charge is 0.265 e. The summed E-state index contributed by atoms with van der Waals surface area (Å²) in [5, 5.41) is 3.82. The summed E-state index contributed by atoms with van der Waals surface area (Å²) in [4.78, 5) is 24.1. The Kier molecular flexibility index (Phi) is 7.00. The number of hydrogen-bond acceptors (Lipinski definition) is 4. The number of nitrogens with one attached hydrogen (secondary N) is 1. The molecular formula is C20H24Cl2N4O4S. The molecule has 0 unspecified atom stereocenters. The van der Waals surface area contributed by atoms with E-state index in [9.17, 15) is 18.0 Å². The molecule has 0 saturated carbocycles. The number of halogens is 2. The third-order valence-electron chi connectivity index (χ3n) is 5.50. The lowest BCUT2D eigenvalue weighted by atomic mass is 9.96. The Balaban J connectivity index is 1.62. The minimum Gasteiger partial charge on any atom is -0.364 e. The molecule has 2 heterocycles. The Labute approximate surface area is 191 Å². The molecule has 3 rings (SSSR count). The Morgan fingerprint density at radius 3 is 2.35 bits per heavy atom. The molecule has 3 N–H and O–H groups in total. The van der Waals surface area contributed by atoms with Gasteiger partial charge < -0.3 is 15.6 Å². The van der Waals surface area contributed by atoms with Gasteiger partial charge in [0.25, 0.3) is 5.91 Å². The Morgan fingerprint density at radius 2 is 1.81 bits per heavy atom. The van der Waals surface area contributed by atoms with Crippen molar-refractivity contribution in [1.82, 2.24) is 14.2 Å². The van der Waals surface area contributed by atoms with Crippen LogP contribution in [0.4, 0.5) is 0 Å². The molecule has 1 aliphatic rings. The van der Waals surface area contributed by atoms with E-state index in [1.165, 1.54) is 21.1 Å². The van der Waals surface area contributed by atoms with Crippen molar-refractivity contribution >= 4 is 45.0 Å². The molecule has 11 heteroatoms. The lowest BCUT2D eigenvalue weighted by Crippen LogP contribution is -2.43. The van der Waals surface area contributed by atoms with Crippen LogP contribution in [0.5, 0.6) is 0 Å². The van der Waals surface area contributed by atoms with Crippen molar-refractivity contribution in [3.05, 3.63) is 51.8 Å². The number of aromatic nitrogens is 1. The zero-order chi connectivity index (χ0) is 22.9. The summed E-state index contributed by atoms with van der Waals surface area (Å²) in [6.45, 7) is 2.27. The molecule has 1 saturated heterocycles. The van der Waals surface area contributed by atoms with Gasteiger partial charge in [0.2, 0.25) is 15.9 Å². The van der Waals surface area contributed by atoms with Gasteiger partial charge in [-0.1, -0.05) is 29.3 Å². The molecule has 1 aliphatic heterocycles. The number of sulfonamides is 1. The fourth-order valence-electron chi connectivity index (χ4n) is 3.62. The van der Waals surface area contributed by atoms with E-state index in [-0.39, 0.29) is 41.5 Å². The van der Waals surface area contributed by atoms with Crippen molar-refractivity contribution in [2.24, 2.45) is 18.7 Å². The number of aryl methyl sites for hydroxylation is 1. The third-order valence-corrected chi connectivity index (χ3v) is 8.10. The average molecular weight is 487 g/mol. The predicted molar refractivity (Wildman–Crippen MR) is 118 cm³/mol. The summed E-state index contributed by atoms with van der Waals surface area (Å²) in [6, 6.07) is 6.20. The van der Waals surface area contributed by atoms with Gasteiger partial charge in [0.1, 0.15) is 10.6 Å². The minimum atomic E-state index is -3.78.